The summed E-state index contributed by atoms with van der Waals surface area (Å²) in [5.41, 5.74) is 4.07. The van der Waals surface area contributed by atoms with Crippen molar-refractivity contribution in [3.8, 4) is 0 Å². The van der Waals surface area contributed by atoms with Crippen molar-refractivity contribution in [3.05, 3.63) is 29.3 Å². The van der Waals surface area contributed by atoms with E-state index in [0.29, 0.717) is 0 Å². The van der Waals surface area contributed by atoms with Crippen LogP contribution in [0.15, 0.2) is 18.2 Å². The lowest BCUT2D eigenvalue weighted by Crippen LogP contribution is -2.46. The first-order valence-corrected chi connectivity index (χ1v) is 6.88. The molecule has 1 aliphatic heterocycles. The van der Waals surface area contributed by atoms with E-state index in [-0.39, 0.29) is 0 Å². The van der Waals surface area contributed by atoms with Gasteiger partial charge in [-0.3, -0.25) is 4.90 Å². The summed E-state index contributed by atoms with van der Waals surface area (Å²) in [4.78, 5) is 4.91. The molecule has 1 N–H and O–H groups in total. The largest absolute Gasteiger partial charge is 0.373 e. The topological polar surface area (TPSA) is 18.5 Å². The van der Waals surface area contributed by atoms with E-state index < -0.39 is 0 Å². The van der Waals surface area contributed by atoms with Gasteiger partial charge in [-0.1, -0.05) is 17.7 Å². The van der Waals surface area contributed by atoms with Gasteiger partial charge in [0.25, 0.3) is 0 Å². The van der Waals surface area contributed by atoms with Gasteiger partial charge in [-0.2, -0.15) is 0 Å². The molecule has 18 heavy (non-hydrogen) atoms. The van der Waals surface area contributed by atoms with Gasteiger partial charge in [0.1, 0.15) is 0 Å². The van der Waals surface area contributed by atoms with Crippen molar-refractivity contribution in [3.63, 3.8) is 0 Å². The summed E-state index contributed by atoms with van der Waals surface area (Å²) in [6.07, 6.45) is 0. The lowest BCUT2D eigenvalue weighted by Gasteiger charge is -2.30. The third-order valence-corrected chi connectivity index (χ3v) is 3.72. The van der Waals surface area contributed by atoms with E-state index in [1.807, 2.05) is 0 Å². The van der Waals surface area contributed by atoms with Crippen LogP contribution >= 0.6 is 0 Å². The average molecular weight is 247 g/mol. The molecule has 0 spiro atoms. The van der Waals surface area contributed by atoms with Gasteiger partial charge in [-0.15, -0.1) is 0 Å². The maximum atomic E-state index is 3.39. The molecule has 0 aliphatic carbocycles. The Morgan fingerprint density at radius 3 is 2.61 bits per heavy atom. The number of hydrogen-bond acceptors (Lipinski definition) is 3. The van der Waals surface area contributed by atoms with Crippen molar-refractivity contribution in [1.82, 2.24) is 10.2 Å². The molecule has 0 bridgehead atoms. The van der Waals surface area contributed by atoms with Gasteiger partial charge < -0.3 is 10.2 Å². The number of benzene rings is 1. The molecule has 0 aromatic heterocycles. The van der Waals surface area contributed by atoms with Gasteiger partial charge in [-0.05, 0) is 25.5 Å². The first-order valence-electron chi connectivity index (χ1n) is 6.88. The number of hydrogen-bond donors (Lipinski definition) is 1. The lowest BCUT2D eigenvalue weighted by molar-refractivity contribution is 0.246. The fraction of sp³-hybridized carbons (Fsp3) is 0.600. The predicted octanol–water partition coefficient (Wildman–Crippen LogP) is 1.64. The van der Waals surface area contributed by atoms with Crippen LogP contribution in [0.2, 0.25) is 0 Å². The van der Waals surface area contributed by atoms with E-state index in [0.717, 1.165) is 26.2 Å². The van der Waals surface area contributed by atoms with E-state index in [2.05, 4.69) is 54.2 Å². The monoisotopic (exact) mass is 247 g/mol. The Balaban J connectivity index is 1.88. The molecular weight excluding hydrogens is 222 g/mol. The summed E-state index contributed by atoms with van der Waals surface area (Å²) >= 11 is 0. The van der Waals surface area contributed by atoms with Gasteiger partial charge in [-0.25, -0.2) is 0 Å². The van der Waals surface area contributed by atoms with Gasteiger partial charge in [0.05, 0.1) is 0 Å². The molecule has 1 aromatic rings. The third-order valence-electron chi connectivity index (χ3n) is 3.72. The Morgan fingerprint density at radius 2 is 1.94 bits per heavy atom. The highest BCUT2D eigenvalue weighted by Crippen LogP contribution is 2.19. The first-order chi connectivity index (χ1) is 8.66. The zero-order chi connectivity index (χ0) is 13.0. The Morgan fingerprint density at radius 1 is 1.22 bits per heavy atom. The minimum Gasteiger partial charge on any atom is -0.373 e. The maximum absolute atomic E-state index is 3.39. The SMILES string of the molecule is Cc1ccc(N(C)CCN2CCNCC2)c(C)c1. The van der Waals surface area contributed by atoms with E-state index in [4.69, 9.17) is 0 Å². The highest BCUT2D eigenvalue weighted by atomic mass is 15.2. The molecule has 1 aliphatic rings. The molecule has 1 aromatic carbocycles. The smallest absolute Gasteiger partial charge is 0.0393 e. The molecule has 0 saturated carbocycles. The molecule has 100 valence electrons. The molecule has 0 atom stereocenters. The van der Waals surface area contributed by atoms with Crippen LogP contribution in [0.5, 0.6) is 0 Å². The van der Waals surface area contributed by atoms with E-state index in [1.54, 1.807) is 0 Å². The van der Waals surface area contributed by atoms with Crippen molar-refractivity contribution < 1.29 is 0 Å². The Kier molecular flexibility index (Phi) is 4.61. The summed E-state index contributed by atoms with van der Waals surface area (Å²) in [6, 6.07) is 6.70. The van der Waals surface area contributed by atoms with Crippen LogP contribution in [-0.2, 0) is 0 Å². The highest BCUT2D eigenvalue weighted by Gasteiger charge is 2.11. The molecule has 3 nitrogen and oxygen atoms in total. The first kappa shape index (κ1) is 13.4. The van der Waals surface area contributed by atoms with E-state index >= 15 is 0 Å². The van der Waals surface area contributed by atoms with Crippen LogP contribution in [0.4, 0.5) is 5.69 Å². The van der Waals surface area contributed by atoms with Crippen LogP contribution in [-0.4, -0.2) is 51.2 Å². The van der Waals surface area contributed by atoms with Crippen LogP contribution in [0.3, 0.4) is 0 Å². The number of anilines is 1. The molecular formula is C15H25N3. The number of piperazine rings is 1. The highest BCUT2D eigenvalue weighted by molar-refractivity contribution is 5.53. The second-order valence-corrected chi connectivity index (χ2v) is 5.30. The average Bonchev–Trinajstić information content (AvgIpc) is 2.37. The third kappa shape index (κ3) is 3.47. The number of nitrogens with one attached hydrogen (secondary N) is 1. The molecule has 3 heteroatoms. The second kappa shape index (κ2) is 6.21. The van der Waals surface area contributed by atoms with Crippen LogP contribution in [0.25, 0.3) is 0 Å². The number of rotatable bonds is 4. The molecule has 0 unspecified atom stereocenters. The van der Waals surface area contributed by atoms with Crippen molar-refractivity contribution in [1.29, 1.82) is 0 Å². The van der Waals surface area contributed by atoms with E-state index in [9.17, 15) is 0 Å². The summed E-state index contributed by atoms with van der Waals surface area (Å²) in [6.45, 7) is 11.2. The quantitative estimate of drug-likeness (QED) is 0.873. The summed E-state index contributed by atoms with van der Waals surface area (Å²) in [5.74, 6) is 0. The van der Waals surface area contributed by atoms with Crippen molar-refractivity contribution in [2.45, 2.75) is 13.8 Å². The molecule has 0 radical (unpaired) electrons. The number of nitrogens with zero attached hydrogens (tertiary/aromatic N) is 2. The molecule has 2 rings (SSSR count). The Hall–Kier alpha value is -1.06. The molecule has 0 amide bonds. The normalized spacial score (nSPS) is 16.8. The molecule has 1 heterocycles. The standard InChI is InChI=1S/C15H25N3/c1-13-4-5-15(14(2)12-13)17(3)10-11-18-8-6-16-7-9-18/h4-5,12,16H,6-11H2,1-3H3. The van der Waals surface area contributed by atoms with Crippen molar-refractivity contribution in [2.24, 2.45) is 0 Å². The minimum atomic E-state index is 1.10. The fourth-order valence-electron chi connectivity index (χ4n) is 2.58. The van der Waals surface area contributed by atoms with Crippen molar-refractivity contribution in [2.75, 3.05) is 51.2 Å². The van der Waals surface area contributed by atoms with Crippen LogP contribution in [0.1, 0.15) is 11.1 Å². The summed E-state index contributed by atoms with van der Waals surface area (Å²) in [5, 5.41) is 3.39. The second-order valence-electron chi connectivity index (χ2n) is 5.30. The van der Waals surface area contributed by atoms with Crippen LogP contribution < -0.4 is 10.2 Å². The molecule has 1 fully saturated rings. The van der Waals surface area contributed by atoms with Gasteiger partial charge in [0.15, 0.2) is 0 Å². The lowest BCUT2D eigenvalue weighted by atomic mass is 10.1. The van der Waals surface area contributed by atoms with E-state index in [1.165, 1.54) is 29.9 Å². The number of aryl methyl sites for hydroxylation is 2. The van der Waals surface area contributed by atoms with Crippen LogP contribution in [0, 0.1) is 13.8 Å². The van der Waals surface area contributed by atoms with Gasteiger partial charge in [0.2, 0.25) is 0 Å². The maximum Gasteiger partial charge on any atom is 0.0393 e. The number of likely N-dealkylation sites (N-methyl/N-ethyl adjacent to an activating group) is 1. The zero-order valence-corrected chi connectivity index (χ0v) is 11.9. The van der Waals surface area contributed by atoms with Crippen molar-refractivity contribution >= 4 is 5.69 Å². The molecule has 1 saturated heterocycles. The summed E-state index contributed by atoms with van der Waals surface area (Å²) in [7, 11) is 2.19. The van der Waals surface area contributed by atoms with Gasteiger partial charge in [0, 0.05) is 52.0 Å². The van der Waals surface area contributed by atoms with Gasteiger partial charge >= 0.3 is 0 Å². The Bertz CT molecular complexity index is 383. The minimum absolute atomic E-state index is 1.10. The fourth-order valence-corrected chi connectivity index (χ4v) is 2.58. The summed E-state index contributed by atoms with van der Waals surface area (Å²) < 4.78 is 0. The predicted molar refractivity (Wildman–Crippen MR) is 78.5 cm³/mol. The Labute approximate surface area is 111 Å². The zero-order valence-electron chi connectivity index (χ0n) is 11.9.